The lowest BCUT2D eigenvalue weighted by Gasteiger charge is -2.27. The lowest BCUT2D eigenvalue weighted by atomic mass is 10.1. The number of sulfone groups is 1. The van der Waals surface area contributed by atoms with Crippen molar-refractivity contribution in [2.24, 2.45) is 0 Å². The highest BCUT2D eigenvalue weighted by Gasteiger charge is 2.52. The van der Waals surface area contributed by atoms with Gasteiger partial charge in [-0.2, -0.15) is 0 Å². The summed E-state index contributed by atoms with van der Waals surface area (Å²) in [6, 6.07) is 11.6. The summed E-state index contributed by atoms with van der Waals surface area (Å²) >= 11 is 0. The maximum Gasteiger partial charge on any atom is 0.246 e. The summed E-state index contributed by atoms with van der Waals surface area (Å²) in [5.74, 6) is -1.75. The van der Waals surface area contributed by atoms with Crippen LogP contribution in [0.2, 0.25) is 0 Å². The Morgan fingerprint density at radius 1 is 1.00 bits per heavy atom. The van der Waals surface area contributed by atoms with Crippen molar-refractivity contribution in [2.75, 3.05) is 10.6 Å². The maximum absolute atomic E-state index is 13.8. The van der Waals surface area contributed by atoms with Crippen molar-refractivity contribution in [3.05, 3.63) is 54.3 Å². The average molecular weight is 404 g/mol. The molecule has 0 aromatic heterocycles. The fraction of sp³-hybridized carbons (Fsp3) is 0.300. The Morgan fingerprint density at radius 2 is 1.64 bits per heavy atom. The molecule has 0 aliphatic heterocycles. The van der Waals surface area contributed by atoms with Crippen LogP contribution < -0.4 is 10.6 Å². The zero-order valence-electron chi connectivity index (χ0n) is 15.4. The van der Waals surface area contributed by atoms with E-state index < -0.39 is 32.2 Å². The van der Waals surface area contributed by atoms with Crippen LogP contribution in [0, 0.1) is 5.82 Å². The van der Waals surface area contributed by atoms with Crippen molar-refractivity contribution in [3.8, 4) is 0 Å². The minimum atomic E-state index is -3.91. The summed E-state index contributed by atoms with van der Waals surface area (Å²) in [5.41, 5.74) is 0.126. The number of benzene rings is 2. The van der Waals surface area contributed by atoms with E-state index in [1.807, 2.05) is 0 Å². The second-order valence-corrected chi connectivity index (χ2v) is 9.11. The summed E-state index contributed by atoms with van der Waals surface area (Å²) in [6.07, 6.45) is 1.69. The molecule has 1 fully saturated rings. The molecule has 8 heteroatoms. The third-order valence-corrected chi connectivity index (χ3v) is 7.44. The van der Waals surface area contributed by atoms with E-state index in [0.717, 1.165) is 6.07 Å². The van der Waals surface area contributed by atoms with Crippen LogP contribution >= 0.6 is 0 Å². The van der Waals surface area contributed by atoms with Crippen LogP contribution in [0.4, 0.5) is 15.8 Å². The molecule has 1 aliphatic rings. The number of amides is 2. The predicted molar refractivity (Wildman–Crippen MR) is 104 cm³/mol. The molecule has 0 heterocycles. The molecule has 0 saturated heterocycles. The van der Waals surface area contributed by atoms with Gasteiger partial charge >= 0.3 is 0 Å². The Balaban J connectivity index is 1.94. The van der Waals surface area contributed by atoms with Crippen LogP contribution in [-0.2, 0) is 19.4 Å². The molecule has 0 spiro atoms. The Morgan fingerprint density at radius 3 is 2.25 bits per heavy atom. The zero-order valence-corrected chi connectivity index (χ0v) is 16.2. The van der Waals surface area contributed by atoms with Gasteiger partial charge in [-0.15, -0.1) is 0 Å². The molecule has 3 rings (SSSR count). The molecule has 1 aliphatic carbocycles. The number of hydrogen-bond donors (Lipinski definition) is 2. The lowest BCUT2D eigenvalue weighted by molar-refractivity contribution is -0.118. The van der Waals surface area contributed by atoms with Gasteiger partial charge in [-0.1, -0.05) is 31.0 Å². The van der Waals surface area contributed by atoms with Crippen LogP contribution in [0.25, 0.3) is 0 Å². The van der Waals surface area contributed by atoms with E-state index in [0.29, 0.717) is 12.8 Å². The quantitative estimate of drug-likeness (QED) is 0.798. The molecule has 28 heavy (non-hydrogen) atoms. The van der Waals surface area contributed by atoms with Crippen LogP contribution in [-0.4, -0.2) is 25.0 Å². The third kappa shape index (κ3) is 3.64. The van der Waals surface area contributed by atoms with Crippen molar-refractivity contribution in [1.82, 2.24) is 0 Å². The first-order chi connectivity index (χ1) is 13.3. The minimum absolute atomic E-state index is 0.0864. The fourth-order valence-corrected chi connectivity index (χ4v) is 5.61. The second-order valence-electron chi connectivity index (χ2n) is 6.85. The summed E-state index contributed by atoms with van der Waals surface area (Å²) in [4.78, 5) is 24.4. The zero-order chi connectivity index (χ0) is 20.4. The molecule has 148 valence electrons. The molecule has 2 aromatic carbocycles. The molecule has 0 atom stereocenters. The summed E-state index contributed by atoms with van der Waals surface area (Å²) in [6.45, 7) is 1.24. The van der Waals surface area contributed by atoms with Gasteiger partial charge in [0.05, 0.1) is 10.6 Å². The normalized spacial score (nSPS) is 15.8. The van der Waals surface area contributed by atoms with Gasteiger partial charge in [-0.25, -0.2) is 12.8 Å². The smallest absolute Gasteiger partial charge is 0.246 e. The highest BCUT2D eigenvalue weighted by Crippen LogP contribution is 2.41. The van der Waals surface area contributed by atoms with Gasteiger partial charge in [0.15, 0.2) is 14.6 Å². The van der Waals surface area contributed by atoms with Crippen LogP contribution in [0.3, 0.4) is 0 Å². The van der Waals surface area contributed by atoms with Crippen molar-refractivity contribution < 1.29 is 22.4 Å². The van der Waals surface area contributed by atoms with Gasteiger partial charge in [0, 0.05) is 12.6 Å². The van der Waals surface area contributed by atoms with Crippen molar-refractivity contribution in [1.29, 1.82) is 0 Å². The van der Waals surface area contributed by atoms with Gasteiger partial charge in [0.2, 0.25) is 11.8 Å². The Kier molecular flexibility index (Phi) is 5.51. The molecule has 1 saturated carbocycles. The van der Waals surface area contributed by atoms with Crippen molar-refractivity contribution >= 4 is 33.0 Å². The SMILES string of the molecule is CC(=O)Nc1cc(NC(=O)C2(S(=O)(=O)c3ccccc3)CCCC2)ccc1F. The summed E-state index contributed by atoms with van der Waals surface area (Å²) < 4.78 is 38.8. The lowest BCUT2D eigenvalue weighted by Crippen LogP contribution is -2.47. The van der Waals surface area contributed by atoms with Gasteiger partial charge in [0.25, 0.3) is 0 Å². The van der Waals surface area contributed by atoms with Crippen molar-refractivity contribution in [2.45, 2.75) is 42.2 Å². The molecule has 0 radical (unpaired) electrons. The Hall–Kier alpha value is -2.74. The number of halogens is 1. The average Bonchev–Trinajstić information content (AvgIpc) is 3.17. The summed E-state index contributed by atoms with van der Waals surface area (Å²) in [5, 5.41) is 4.94. The maximum atomic E-state index is 13.8. The largest absolute Gasteiger partial charge is 0.325 e. The molecule has 2 aromatic rings. The Bertz CT molecular complexity index is 1000. The van der Waals surface area contributed by atoms with Gasteiger partial charge < -0.3 is 10.6 Å². The molecule has 2 amide bonds. The van der Waals surface area contributed by atoms with E-state index in [1.165, 1.54) is 31.2 Å². The molecule has 6 nitrogen and oxygen atoms in total. The van der Waals surface area contributed by atoms with Gasteiger partial charge in [-0.3, -0.25) is 9.59 Å². The molecule has 0 bridgehead atoms. The van der Waals surface area contributed by atoms with E-state index in [-0.39, 0.29) is 29.1 Å². The highest BCUT2D eigenvalue weighted by atomic mass is 32.2. The third-order valence-electron chi connectivity index (χ3n) is 4.93. The first-order valence-corrected chi connectivity index (χ1v) is 10.4. The second kappa shape index (κ2) is 7.71. The molecule has 2 N–H and O–H groups in total. The predicted octanol–water partition coefficient (Wildman–Crippen LogP) is 3.51. The van der Waals surface area contributed by atoms with Crippen LogP contribution in [0.1, 0.15) is 32.6 Å². The number of nitrogens with one attached hydrogen (secondary N) is 2. The van der Waals surface area contributed by atoms with E-state index in [1.54, 1.807) is 18.2 Å². The molecule has 0 unspecified atom stereocenters. The summed E-state index contributed by atoms with van der Waals surface area (Å²) in [7, 11) is -3.91. The minimum Gasteiger partial charge on any atom is -0.325 e. The fourth-order valence-electron chi connectivity index (χ4n) is 3.52. The van der Waals surface area contributed by atoms with Gasteiger partial charge in [-0.05, 0) is 43.2 Å². The number of anilines is 2. The van der Waals surface area contributed by atoms with E-state index in [4.69, 9.17) is 0 Å². The van der Waals surface area contributed by atoms with E-state index in [2.05, 4.69) is 10.6 Å². The standard InChI is InChI=1S/C20H21FN2O4S/c1-14(24)22-18-13-15(9-10-17(18)21)23-19(25)20(11-5-6-12-20)28(26,27)16-7-3-2-4-8-16/h2-4,7-10,13H,5-6,11-12H2,1H3,(H,22,24)(H,23,25). The van der Waals surface area contributed by atoms with Crippen LogP contribution in [0.15, 0.2) is 53.4 Å². The monoisotopic (exact) mass is 404 g/mol. The van der Waals surface area contributed by atoms with Crippen molar-refractivity contribution in [3.63, 3.8) is 0 Å². The highest BCUT2D eigenvalue weighted by molar-refractivity contribution is 7.93. The van der Waals surface area contributed by atoms with Gasteiger partial charge in [0.1, 0.15) is 5.82 Å². The first kappa shape index (κ1) is 20.0. The van der Waals surface area contributed by atoms with E-state index >= 15 is 0 Å². The number of rotatable bonds is 5. The number of carbonyl (C=O) groups is 2. The number of carbonyl (C=O) groups excluding carboxylic acids is 2. The number of hydrogen-bond acceptors (Lipinski definition) is 4. The first-order valence-electron chi connectivity index (χ1n) is 8.94. The molecular weight excluding hydrogens is 383 g/mol. The Labute approximate surface area is 163 Å². The molecular formula is C20H21FN2O4S. The van der Waals surface area contributed by atoms with Crippen LogP contribution in [0.5, 0.6) is 0 Å². The van der Waals surface area contributed by atoms with E-state index in [9.17, 15) is 22.4 Å². The topological polar surface area (TPSA) is 92.3 Å².